The molecule has 0 aliphatic carbocycles. The molecule has 0 fully saturated rings. The van der Waals surface area contributed by atoms with E-state index in [2.05, 4.69) is 9.71 Å². The van der Waals surface area contributed by atoms with E-state index in [1.807, 2.05) is 0 Å². The first kappa shape index (κ1) is 21.2. The van der Waals surface area contributed by atoms with Crippen LogP contribution in [0.1, 0.15) is 11.1 Å². The zero-order valence-electron chi connectivity index (χ0n) is 14.5. The maximum Gasteiger partial charge on any atom is 0.416 e. The zero-order chi connectivity index (χ0) is 21.2. The molecule has 0 unspecified atom stereocenters. The highest BCUT2D eigenvalue weighted by atomic mass is 35.5. The number of alkyl halides is 3. The Morgan fingerprint density at radius 2 is 1.83 bits per heavy atom. The third-order valence-electron chi connectivity index (χ3n) is 4.05. The van der Waals surface area contributed by atoms with E-state index in [1.165, 1.54) is 24.5 Å². The summed E-state index contributed by atoms with van der Waals surface area (Å²) >= 11 is 6.07. The average molecular weight is 445 g/mol. The molecule has 0 spiro atoms. The molecule has 0 atom stereocenters. The molecular formula is C19H13ClF4N2O2S. The van der Waals surface area contributed by atoms with E-state index < -0.39 is 39.0 Å². The highest BCUT2D eigenvalue weighted by Gasteiger charge is 2.31. The van der Waals surface area contributed by atoms with Gasteiger partial charge in [0.1, 0.15) is 5.82 Å². The van der Waals surface area contributed by atoms with Gasteiger partial charge < -0.3 is 0 Å². The first-order valence-corrected chi connectivity index (χ1v) is 9.99. The SMILES string of the molecule is O=S(=O)(NCc1cc(-c2ccncc2Cl)ccc1F)c1cccc(C(F)(F)F)c1. The van der Waals surface area contributed by atoms with Crippen LogP contribution in [0.2, 0.25) is 5.02 Å². The molecule has 0 saturated heterocycles. The van der Waals surface area contributed by atoms with Crippen LogP contribution in [-0.4, -0.2) is 13.4 Å². The fourth-order valence-corrected chi connectivity index (χ4v) is 3.86. The van der Waals surface area contributed by atoms with Crippen molar-refractivity contribution in [1.82, 2.24) is 9.71 Å². The van der Waals surface area contributed by atoms with Crippen LogP contribution in [0.4, 0.5) is 17.6 Å². The lowest BCUT2D eigenvalue weighted by molar-refractivity contribution is -0.137. The standard InChI is InChI=1S/C19H13ClF4N2O2S/c20-17-11-25-7-6-16(17)12-4-5-18(21)13(8-12)10-26-29(27,28)15-3-1-2-14(9-15)19(22,23)24/h1-9,11,26H,10H2. The Morgan fingerprint density at radius 1 is 1.07 bits per heavy atom. The molecule has 0 aliphatic heterocycles. The summed E-state index contributed by atoms with van der Waals surface area (Å²) in [6.07, 6.45) is -1.77. The molecule has 0 radical (unpaired) electrons. The molecule has 0 saturated carbocycles. The van der Waals surface area contributed by atoms with E-state index in [9.17, 15) is 26.0 Å². The number of sulfonamides is 1. The van der Waals surface area contributed by atoms with Gasteiger partial charge in [-0.1, -0.05) is 23.7 Å². The molecule has 2 aromatic carbocycles. The van der Waals surface area contributed by atoms with Gasteiger partial charge in [-0.3, -0.25) is 4.98 Å². The van der Waals surface area contributed by atoms with Gasteiger partial charge in [0.25, 0.3) is 0 Å². The summed E-state index contributed by atoms with van der Waals surface area (Å²) in [5.74, 6) is -0.675. The monoisotopic (exact) mass is 444 g/mol. The van der Waals surface area contributed by atoms with Crippen molar-refractivity contribution in [3.05, 3.63) is 82.9 Å². The minimum atomic E-state index is -4.68. The van der Waals surface area contributed by atoms with Crippen LogP contribution in [-0.2, 0) is 22.7 Å². The van der Waals surface area contributed by atoms with Crippen LogP contribution >= 0.6 is 11.6 Å². The van der Waals surface area contributed by atoms with Crippen LogP contribution in [0.15, 0.2) is 65.8 Å². The minimum Gasteiger partial charge on any atom is -0.263 e. The van der Waals surface area contributed by atoms with Gasteiger partial charge in [0, 0.05) is 30.1 Å². The average Bonchev–Trinajstić information content (AvgIpc) is 2.67. The summed E-state index contributed by atoms with van der Waals surface area (Å²) in [7, 11) is -4.30. The second-order valence-electron chi connectivity index (χ2n) is 6.01. The van der Waals surface area contributed by atoms with Crippen molar-refractivity contribution in [2.75, 3.05) is 0 Å². The van der Waals surface area contributed by atoms with E-state index in [1.54, 1.807) is 6.07 Å². The summed E-state index contributed by atoms with van der Waals surface area (Å²) < 4.78 is 79.5. The number of halogens is 5. The van der Waals surface area contributed by atoms with E-state index in [4.69, 9.17) is 11.6 Å². The second kappa shape index (κ2) is 8.10. The minimum absolute atomic E-state index is 0.00549. The van der Waals surface area contributed by atoms with Gasteiger partial charge in [0.15, 0.2) is 0 Å². The van der Waals surface area contributed by atoms with E-state index in [0.29, 0.717) is 22.2 Å². The van der Waals surface area contributed by atoms with Gasteiger partial charge in [-0.05, 0) is 42.0 Å². The van der Waals surface area contributed by atoms with Gasteiger partial charge in [-0.15, -0.1) is 0 Å². The quantitative estimate of drug-likeness (QED) is 0.561. The van der Waals surface area contributed by atoms with E-state index in [-0.39, 0.29) is 5.56 Å². The molecule has 152 valence electrons. The van der Waals surface area contributed by atoms with Crippen LogP contribution in [0, 0.1) is 5.82 Å². The maximum atomic E-state index is 14.2. The Hall–Kier alpha value is -2.49. The molecule has 3 aromatic rings. The van der Waals surface area contributed by atoms with Crippen molar-refractivity contribution in [3.63, 3.8) is 0 Å². The first-order chi connectivity index (χ1) is 13.6. The number of aromatic nitrogens is 1. The highest BCUT2D eigenvalue weighted by Crippen LogP contribution is 2.31. The smallest absolute Gasteiger partial charge is 0.263 e. The van der Waals surface area contributed by atoms with Crippen LogP contribution < -0.4 is 4.72 Å². The second-order valence-corrected chi connectivity index (χ2v) is 8.19. The molecule has 0 amide bonds. The Bertz CT molecular complexity index is 1150. The fraction of sp³-hybridized carbons (Fsp3) is 0.105. The van der Waals surface area contributed by atoms with E-state index >= 15 is 0 Å². The molecule has 4 nitrogen and oxygen atoms in total. The van der Waals surface area contributed by atoms with Crippen LogP contribution in [0.3, 0.4) is 0 Å². The van der Waals surface area contributed by atoms with Gasteiger partial charge in [-0.25, -0.2) is 17.5 Å². The first-order valence-electron chi connectivity index (χ1n) is 8.13. The lowest BCUT2D eigenvalue weighted by Crippen LogP contribution is -2.24. The van der Waals surface area contributed by atoms with Crippen molar-refractivity contribution in [2.24, 2.45) is 0 Å². The third-order valence-corrected chi connectivity index (χ3v) is 5.75. The number of rotatable bonds is 5. The Morgan fingerprint density at radius 3 is 2.52 bits per heavy atom. The summed E-state index contributed by atoms with van der Waals surface area (Å²) in [4.78, 5) is 3.29. The molecule has 10 heteroatoms. The van der Waals surface area contributed by atoms with Crippen LogP contribution in [0.5, 0.6) is 0 Å². The van der Waals surface area contributed by atoms with E-state index in [0.717, 1.165) is 24.3 Å². The number of nitrogens with zero attached hydrogens (tertiary/aromatic N) is 1. The van der Waals surface area contributed by atoms with Crippen LogP contribution in [0.25, 0.3) is 11.1 Å². The predicted octanol–water partition coefficient (Wildman–Crippen LogP) is 5.04. The summed E-state index contributed by atoms with van der Waals surface area (Å²) in [6.45, 7) is -0.457. The van der Waals surface area contributed by atoms with Crippen molar-refractivity contribution in [1.29, 1.82) is 0 Å². The normalized spacial score (nSPS) is 12.2. The van der Waals surface area contributed by atoms with Crippen molar-refractivity contribution < 1.29 is 26.0 Å². The number of hydrogen-bond donors (Lipinski definition) is 1. The molecule has 29 heavy (non-hydrogen) atoms. The predicted molar refractivity (Wildman–Crippen MR) is 100 cm³/mol. The number of pyridine rings is 1. The number of benzene rings is 2. The Balaban J connectivity index is 1.86. The molecule has 1 N–H and O–H groups in total. The Labute approximate surface area is 169 Å². The summed E-state index contributed by atoms with van der Waals surface area (Å²) in [5.41, 5.74) is 0.0162. The molecule has 3 rings (SSSR count). The highest BCUT2D eigenvalue weighted by molar-refractivity contribution is 7.89. The van der Waals surface area contributed by atoms with Gasteiger partial charge in [0.2, 0.25) is 10.0 Å². The van der Waals surface area contributed by atoms with Gasteiger partial charge >= 0.3 is 6.18 Å². The van der Waals surface area contributed by atoms with Gasteiger partial charge in [0.05, 0.1) is 15.5 Å². The lowest BCUT2D eigenvalue weighted by atomic mass is 10.0. The molecule has 1 aromatic heterocycles. The summed E-state index contributed by atoms with van der Waals surface area (Å²) in [6, 6.07) is 8.95. The largest absolute Gasteiger partial charge is 0.416 e. The molecule has 0 bridgehead atoms. The fourth-order valence-electron chi connectivity index (χ4n) is 2.58. The topological polar surface area (TPSA) is 59.1 Å². The third kappa shape index (κ3) is 4.92. The zero-order valence-corrected chi connectivity index (χ0v) is 16.1. The molecular weight excluding hydrogens is 432 g/mol. The van der Waals surface area contributed by atoms with Gasteiger partial charge in [-0.2, -0.15) is 13.2 Å². The van der Waals surface area contributed by atoms with Crippen molar-refractivity contribution in [2.45, 2.75) is 17.6 Å². The maximum absolute atomic E-state index is 14.2. The lowest BCUT2D eigenvalue weighted by Gasteiger charge is -2.12. The number of nitrogens with one attached hydrogen (secondary N) is 1. The Kier molecular flexibility index (Phi) is 5.92. The van der Waals surface area contributed by atoms with Crippen molar-refractivity contribution in [3.8, 4) is 11.1 Å². The number of hydrogen-bond acceptors (Lipinski definition) is 3. The summed E-state index contributed by atoms with van der Waals surface area (Å²) in [5, 5.41) is 0.328. The molecule has 1 heterocycles. The van der Waals surface area contributed by atoms with Crippen molar-refractivity contribution >= 4 is 21.6 Å². The molecule has 0 aliphatic rings.